The Balaban J connectivity index is 2.02. The Bertz CT molecular complexity index is 1660. The Morgan fingerprint density at radius 2 is 1.83 bits per heavy atom. The molecule has 0 aliphatic carbocycles. The van der Waals surface area contributed by atoms with Crippen LogP contribution < -0.4 is 4.90 Å². The van der Waals surface area contributed by atoms with Crippen molar-refractivity contribution in [1.29, 1.82) is 10.5 Å². The highest BCUT2D eigenvalue weighted by Gasteiger charge is 2.47. The molecule has 10 nitrogen and oxygen atoms in total. The number of carbonyl (C=O) groups is 2. The van der Waals surface area contributed by atoms with Gasteiger partial charge in [0, 0.05) is 18.5 Å². The summed E-state index contributed by atoms with van der Waals surface area (Å²) < 4.78 is 66.4. The van der Waals surface area contributed by atoms with Crippen molar-refractivity contribution in [2.24, 2.45) is 0 Å². The number of urea groups is 2. The summed E-state index contributed by atoms with van der Waals surface area (Å²) in [5.41, 5.74) is -1.89. The van der Waals surface area contributed by atoms with Crippen LogP contribution in [0.25, 0.3) is 0 Å². The van der Waals surface area contributed by atoms with Crippen LogP contribution in [-0.2, 0) is 16.0 Å². The molecule has 4 rings (SSSR count). The molecule has 1 saturated heterocycles. The van der Waals surface area contributed by atoms with E-state index in [4.69, 9.17) is 0 Å². The number of halogens is 3. The van der Waals surface area contributed by atoms with Crippen LogP contribution in [0.15, 0.2) is 58.6 Å². The fourth-order valence-corrected chi connectivity index (χ4v) is 6.24. The van der Waals surface area contributed by atoms with Crippen LogP contribution in [0.2, 0.25) is 0 Å². The molecule has 2 aromatic rings. The molecule has 42 heavy (non-hydrogen) atoms. The lowest BCUT2D eigenvalue weighted by Crippen LogP contribution is -2.59. The molecule has 0 radical (unpaired) electrons. The number of benzene rings is 2. The number of hydrogen-bond acceptors (Lipinski definition) is 7. The van der Waals surface area contributed by atoms with Crippen LogP contribution in [0.3, 0.4) is 0 Å². The van der Waals surface area contributed by atoms with Crippen molar-refractivity contribution < 1.29 is 36.3 Å². The molecule has 2 heterocycles. The molecule has 0 spiro atoms. The second kappa shape index (κ2) is 11.5. The molecule has 1 N–H and O–H groups in total. The third-order valence-electron chi connectivity index (χ3n) is 7.33. The van der Waals surface area contributed by atoms with Gasteiger partial charge < -0.3 is 10.0 Å². The maximum absolute atomic E-state index is 14.2. The van der Waals surface area contributed by atoms with Crippen LogP contribution in [0.4, 0.5) is 28.4 Å². The third-order valence-corrected chi connectivity index (χ3v) is 8.49. The number of imide groups is 1. The summed E-state index contributed by atoms with van der Waals surface area (Å²) in [6.45, 7) is 1.02. The number of rotatable bonds is 4. The number of aliphatic hydroxyl groups is 1. The molecule has 0 aromatic heterocycles. The standard InChI is InChI=1S/C28H26F3N5O5S/c1-17-23(15-33)25(22-10-9-18(14-32)12-24(22)42(2,40)41)36(26(38)34-11-4-3-7-21(34)16-37)27(39)35(17)20-8-5-6-19(13-20)28(29,30)31/h5-6,8-10,12-13,21,25,37H,3-4,7,11,16H2,1-2H3. The number of amides is 4. The number of sulfone groups is 1. The topological polar surface area (TPSA) is 146 Å². The highest BCUT2D eigenvalue weighted by atomic mass is 32.2. The van der Waals surface area contributed by atoms with E-state index >= 15 is 0 Å². The van der Waals surface area contributed by atoms with Gasteiger partial charge >= 0.3 is 18.2 Å². The van der Waals surface area contributed by atoms with Gasteiger partial charge in [0.25, 0.3) is 0 Å². The lowest BCUT2D eigenvalue weighted by molar-refractivity contribution is -0.137. The second-order valence-corrected chi connectivity index (χ2v) is 12.0. The SMILES string of the molecule is CC1=C(C#N)C(c2ccc(C#N)cc2S(C)(=O)=O)N(C(=O)N2CCCCC2CO)C(=O)N1c1cccc(C(F)(F)F)c1. The maximum atomic E-state index is 14.2. The van der Waals surface area contributed by atoms with Crippen molar-refractivity contribution in [1.82, 2.24) is 9.80 Å². The largest absolute Gasteiger partial charge is 0.416 e. The first-order chi connectivity index (χ1) is 19.7. The van der Waals surface area contributed by atoms with E-state index in [1.165, 1.54) is 30.0 Å². The van der Waals surface area contributed by atoms with Gasteiger partial charge in [-0.05, 0) is 62.1 Å². The average Bonchev–Trinajstić information content (AvgIpc) is 2.95. The maximum Gasteiger partial charge on any atom is 0.416 e. The van der Waals surface area contributed by atoms with Crippen molar-refractivity contribution in [2.45, 2.75) is 49.3 Å². The van der Waals surface area contributed by atoms with Gasteiger partial charge in [-0.25, -0.2) is 22.9 Å². The summed E-state index contributed by atoms with van der Waals surface area (Å²) >= 11 is 0. The predicted octanol–water partition coefficient (Wildman–Crippen LogP) is 4.73. The number of allylic oxidation sites excluding steroid dienone is 1. The zero-order chi connectivity index (χ0) is 31.0. The van der Waals surface area contributed by atoms with Gasteiger partial charge in [-0.3, -0.25) is 4.90 Å². The number of alkyl halides is 3. The average molecular weight is 602 g/mol. The lowest BCUT2D eigenvalue weighted by atomic mass is 9.92. The monoisotopic (exact) mass is 601 g/mol. The molecule has 2 aliphatic rings. The lowest BCUT2D eigenvalue weighted by Gasteiger charge is -2.45. The van der Waals surface area contributed by atoms with Gasteiger partial charge in [-0.1, -0.05) is 12.1 Å². The number of nitrogens with zero attached hydrogens (tertiary/aromatic N) is 5. The van der Waals surface area contributed by atoms with E-state index in [9.17, 15) is 46.8 Å². The Kier molecular flexibility index (Phi) is 8.34. The fraction of sp³-hybridized carbons (Fsp3) is 0.357. The van der Waals surface area contributed by atoms with E-state index in [-0.39, 0.29) is 34.6 Å². The number of likely N-dealkylation sites (tertiary alicyclic amines) is 1. The van der Waals surface area contributed by atoms with Crippen molar-refractivity contribution >= 4 is 27.6 Å². The summed E-state index contributed by atoms with van der Waals surface area (Å²) in [5, 5.41) is 29.6. The molecule has 2 aromatic carbocycles. The Labute approximate surface area is 240 Å². The Morgan fingerprint density at radius 1 is 1.12 bits per heavy atom. The third kappa shape index (κ3) is 5.55. The molecule has 1 fully saturated rings. The van der Waals surface area contributed by atoms with Gasteiger partial charge in [0.05, 0.1) is 52.1 Å². The normalized spacial score (nSPS) is 19.9. The van der Waals surface area contributed by atoms with E-state index in [2.05, 4.69) is 0 Å². The molecule has 0 bridgehead atoms. The number of piperidine rings is 1. The molecule has 2 unspecified atom stereocenters. The highest BCUT2D eigenvalue weighted by molar-refractivity contribution is 7.90. The zero-order valence-corrected chi connectivity index (χ0v) is 23.4. The van der Waals surface area contributed by atoms with Crippen molar-refractivity contribution in [3.05, 3.63) is 70.4 Å². The van der Waals surface area contributed by atoms with Crippen LogP contribution in [-0.4, -0.2) is 60.8 Å². The van der Waals surface area contributed by atoms with Crippen LogP contribution in [0.1, 0.15) is 48.9 Å². The molecule has 2 aliphatic heterocycles. The minimum Gasteiger partial charge on any atom is -0.394 e. The zero-order valence-electron chi connectivity index (χ0n) is 22.6. The first-order valence-corrected chi connectivity index (χ1v) is 14.7. The van der Waals surface area contributed by atoms with Gasteiger partial charge in [0.2, 0.25) is 0 Å². The van der Waals surface area contributed by atoms with Crippen LogP contribution in [0, 0.1) is 22.7 Å². The number of carbonyl (C=O) groups excluding carboxylic acids is 2. The van der Waals surface area contributed by atoms with E-state index < -0.39 is 57.2 Å². The first kappa shape index (κ1) is 30.6. The Hall–Kier alpha value is -4.40. The number of aliphatic hydroxyl groups excluding tert-OH is 1. The minimum absolute atomic E-state index is 0.0274. The summed E-state index contributed by atoms with van der Waals surface area (Å²) in [6.07, 6.45) is -2.24. The van der Waals surface area contributed by atoms with E-state index in [0.29, 0.717) is 30.2 Å². The minimum atomic E-state index is -4.75. The molecule has 2 atom stereocenters. The molecule has 4 amide bonds. The van der Waals surface area contributed by atoms with Gasteiger partial charge in [0.1, 0.15) is 6.04 Å². The molecular weight excluding hydrogens is 575 g/mol. The van der Waals surface area contributed by atoms with Crippen molar-refractivity contribution in [3.63, 3.8) is 0 Å². The number of nitriles is 2. The smallest absolute Gasteiger partial charge is 0.394 e. The Morgan fingerprint density at radius 3 is 2.43 bits per heavy atom. The molecule has 14 heteroatoms. The van der Waals surface area contributed by atoms with Gasteiger partial charge in [-0.15, -0.1) is 0 Å². The van der Waals surface area contributed by atoms with Gasteiger partial charge in [-0.2, -0.15) is 23.7 Å². The summed E-state index contributed by atoms with van der Waals surface area (Å²) in [4.78, 5) is 30.7. The van der Waals surface area contributed by atoms with Crippen LogP contribution in [0.5, 0.6) is 0 Å². The van der Waals surface area contributed by atoms with E-state index in [1.54, 1.807) is 0 Å². The highest BCUT2D eigenvalue weighted by Crippen LogP contribution is 2.43. The van der Waals surface area contributed by atoms with Crippen molar-refractivity contribution in [3.8, 4) is 12.1 Å². The first-order valence-electron chi connectivity index (χ1n) is 12.8. The summed E-state index contributed by atoms with van der Waals surface area (Å²) in [6, 6.07) is 6.80. The summed E-state index contributed by atoms with van der Waals surface area (Å²) in [7, 11) is -4.08. The van der Waals surface area contributed by atoms with Crippen LogP contribution >= 0.6 is 0 Å². The number of hydrogen-bond donors (Lipinski definition) is 1. The quantitative estimate of drug-likeness (QED) is 0.533. The summed E-state index contributed by atoms with van der Waals surface area (Å²) in [5.74, 6) is 0. The van der Waals surface area contributed by atoms with E-state index in [0.717, 1.165) is 29.4 Å². The number of anilines is 1. The molecular formula is C28H26F3N5O5S. The fourth-order valence-electron chi connectivity index (χ4n) is 5.29. The van der Waals surface area contributed by atoms with Crippen molar-refractivity contribution in [2.75, 3.05) is 24.3 Å². The molecule has 220 valence electrons. The van der Waals surface area contributed by atoms with Gasteiger partial charge in [0.15, 0.2) is 9.84 Å². The van der Waals surface area contributed by atoms with E-state index in [1.807, 2.05) is 12.1 Å². The second-order valence-electron chi connectivity index (χ2n) is 9.99. The molecule has 0 saturated carbocycles. The predicted molar refractivity (Wildman–Crippen MR) is 143 cm³/mol.